The zero-order chi connectivity index (χ0) is 22.6. The van der Waals surface area contributed by atoms with E-state index in [1.165, 1.54) is 78.3 Å². The van der Waals surface area contributed by atoms with Crippen molar-refractivity contribution in [1.29, 1.82) is 0 Å². The fourth-order valence-electron chi connectivity index (χ4n) is 6.23. The van der Waals surface area contributed by atoms with Crippen LogP contribution in [0.4, 0.5) is 0 Å². The molecule has 0 aromatic heterocycles. The Kier molecular flexibility index (Phi) is 7.30. The van der Waals surface area contributed by atoms with E-state index in [2.05, 4.69) is 84.2 Å². The van der Waals surface area contributed by atoms with E-state index in [4.69, 9.17) is 0 Å². The van der Waals surface area contributed by atoms with Gasteiger partial charge in [-0.05, 0) is 51.1 Å². The molecule has 0 heteroatoms. The third-order valence-corrected chi connectivity index (χ3v) is 7.64. The summed E-state index contributed by atoms with van der Waals surface area (Å²) in [5, 5.41) is 0. The summed E-state index contributed by atoms with van der Waals surface area (Å²) in [6.45, 7) is 20.2. The minimum atomic E-state index is -0.00475. The van der Waals surface area contributed by atoms with Gasteiger partial charge in [-0.3, -0.25) is 0 Å². The topological polar surface area (TPSA) is 0 Å². The molecule has 1 aliphatic rings. The minimum absolute atomic E-state index is 0.00475. The molecular weight excluding hydrogens is 372 g/mol. The predicted octanol–water partition coefficient (Wildman–Crippen LogP) is 9.67. The van der Waals surface area contributed by atoms with E-state index in [0.29, 0.717) is 5.92 Å². The van der Waals surface area contributed by atoms with Crippen LogP contribution in [0.5, 0.6) is 0 Å². The van der Waals surface area contributed by atoms with Crippen molar-refractivity contribution in [3.05, 3.63) is 71.8 Å². The second-order valence-corrected chi connectivity index (χ2v) is 10.4. The molecular formula is C31H42. The van der Waals surface area contributed by atoms with Crippen molar-refractivity contribution in [3.8, 4) is 11.1 Å². The lowest BCUT2D eigenvalue weighted by Gasteiger charge is -2.50. The molecule has 0 bridgehead atoms. The van der Waals surface area contributed by atoms with Crippen molar-refractivity contribution in [1.82, 2.24) is 0 Å². The monoisotopic (exact) mass is 414 g/mol. The van der Waals surface area contributed by atoms with Crippen molar-refractivity contribution >= 4 is 12.2 Å². The Morgan fingerprint density at radius 3 is 1.74 bits per heavy atom. The summed E-state index contributed by atoms with van der Waals surface area (Å²) in [5.41, 5.74) is 8.38. The molecule has 1 unspecified atom stereocenters. The van der Waals surface area contributed by atoms with E-state index in [1.807, 2.05) is 12.2 Å². The maximum atomic E-state index is 4.07. The summed E-state index contributed by atoms with van der Waals surface area (Å²) >= 11 is 0. The molecule has 0 spiro atoms. The maximum absolute atomic E-state index is 4.07. The van der Waals surface area contributed by atoms with Gasteiger partial charge >= 0.3 is 0 Å². The number of unbranched alkanes of at least 4 members (excludes halogenated alkanes) is 4. The fraction of sp³-hybridized carbons (Fsp3) is 0.484. The first-order valence-corrected chi connectivity index (χ1v) is 12.4. The third-order valence-electron chi connectivity index (χ3n) is 7.64. The predicted molar refractivity (Wildman–Crippen MR) is 139 cm³/mol. The van der Waals surface area contributed by atoms with Gasteiger partial charge in [0, 0.05) is 5.41 Å². The van der Waals surface area contributed by atoms with Gasteiger partial charge in [0.15, 0.2) is 0 Å². The van der Waals surface area contributed by atoms with Crippen LogP contribution in [0.1, 0.15) is 102 Å². The molecule has 31 heavy (non-hydrogen) atoms. The fourth-order valence-corrected chi connectivity index (χ4v) is 6.23. The highest BCUT2D eigenvalue weighted by atomic mass is 14.6. The smallest absolute Gasteiger partial charge is 0.0291 e. The molecule has 0 radical (unpaired) electrons. The van der Waals surface area contributed by atoms with Crippen LogP contribution in [0.25, 0.3) is 23.3 Å². The highest BCUT2D eigenvalue weighted by Crippen LogP contribution is 2.62. The third kappa shape index (κ3) is 4.07. The lowest BCUT2D eigenvalue weighted by Crippen LogP contribution is -2.46. The SMILES string of the molecule is C=Cc1ccc2c(c1)C(C(CC)CCCCCCC)(C(C)(C)C)c1cc(C=C)ccc1-2. The van der Waals surface area contributed by atoms with Gasteiger partial charge in [0.1, 0.15) is 0 Å². The van der Waals surface area contributed by atoms with Gasteiger partial charge < -0.3 is 0 Å². The number of rotatable bonds is 10. The van der Waals surface area contributed by atoms with Crippen LogP contribution in [0, 0.1) is 11.3 Å². The van der Waals surface area contributed by atoms with Crippen molar-refractivity contribution in [2.45, 2.75) is 85.0 Å². The van der Waals surface area contributed by atoms with Crippen molar-refractivity contribution < 1.29 is 0 Å². The minimum Gasteiger partial charge on any atom is -0.0985 e. The largest absolute Gasteiger partial charge is 0.0985 e. The number of hydrogen-bond donors (Lipinski definition) is 0. The molecule has 166 valence electrons. The first-order valence-electron chi connectivity index (χ1n) is 12.4. The normalized spacial score (nSPS) is 15.3. The average molecular weight is 415 g/mol. The van der Waals surface area contributed by atoms with Gasteiger partial charge in [0.2, 0.25) is 0 Å². The number of benzene rings is 2. The lowest BCUT2D eigenvalue weighted by molar-refractivity contribution is 0.135. The molecule has 1 aliphatic carbocycles. The van der Waals surface area contributed by atoms with E-state index < -0.39 is 0 Å². The maximum Gasteiger partial charge on any atom is 0.0291 e. The van der Waals surface area contributed by atoms with Gasteiger partial charge in [0.25, 0.3) is 0 Å². The zero-order valence-corrected chi connectivity index (χ0v) is 20.6. The van der Waals surface area contributed by atoms with Crippen LogP contribution >= 0.6 is 0 Å². The Hall–Kier alpha value is -2.08. The van der Waals surface area contributed by atoms with Gasteiger partial charge in [-0.25, -0.2) is 0 Å². The standard InChI is InChI=1S/C31H42/c1-8-12-13-14-15-16-25(11-4)31(30(5,6)7)28-21-23(9-2)17-19-26(28)27-20-18-24(10-3)22-29(27)31/h9-10,17-22,25H,2-3,8,11-16H2,1,4-7H3. The average Bonchev–Trinajstić information content (AvgIpc) is 3.06. The molecule has 0 heterocycles. The molecule has 0 saturated heterocycles. The van der Waals surface area contributed by atoms with Gasteiger partial charge in [-0.1, -0.05) is 135 Å². The molecule has 3 rings (SSSR count). The molecule has 2 aromatic carbocycles. The Balaban J connectivity index is 2.22. The lowest BCUT2D eigenvalue weighted by atomic mass is 9.53. The van der Waals surface area contributed by atoms with Crippen LogP contribution < -0.4 is 0 Å². The summed E-state index contributed by atoms with van der Waals surface area (Å²) in [6.07, 6.45) is 13.2. The Bertz CT molecular complexity index is 864. The highest BCUT2D eigenvalue weighted by Gasteiger charge is 2.54. The number of hydrogen-bond acceptors (Lipinski definition) is 0. The summed E-state index contributed by atoms with van der Waals surface area (Å²) < 4.78 is 0. The van der Waals surface area contributed by atoms with E-state index >= 15 is 0 Å². The Labute approximate surface area is 191 Å². The summed E-state index contributed by atoms with van der Waals surface area (Å²) in [6, 6.07) is 14.0. The van der Waals surface area contributed by atoms with E-state index in [1.54, 1.807) is 0 Å². The highest BCUT2D eigenvalue weighted by molar-refractivity contribution is 5.84. The van der Waals surface area contributed by atoms with E-state index in [9.17, 15) is 0 Å². The van der Waals surface area contributed by atoms with E-state index in [0.717, 1.165) is 0 Å². The molecule has 0 aliphatic heterocycles. The Morgan fingerprint density at radius 1 is 0.806 bits per heavy atom. The summed E-state index contributed by atoms with van der Waals surface area (Å²) in [4.78, 5) is 0. The first-order chi connectivity index (χ1) is 14.8. The van der Waals surface area contributed by atoms with Gasteiger partial charge in [-0.15, -0.1) is 0 Å². The quantitative estimate of drug-likeness (QED) is 0.339. The second-order valence-electron chi connectivity index (χ2n) is 10.4. The second kappa shape index (κ2) is 9.60. The summed E-state index contributed by atoms with van der Waals surface area (Å²) in [7, 11) is 0. The molecule has 2 aromatic rings. The van der Waals surface area contributed by atoms with Crippen LogP contribution in [-0.2, 0) is 5.41 Å². The van der Waals surface area contributed by atoms with Crippen LogP contribution in [0.15, 0.2) is 49.6 Å². The molecule has 0 saturated carbocycles. The molecule has 0 amide bonds. The number of fused-ring (bicyclic) bond motifs is 3. The van der Waals surface area contributed by atoms with Gasteiger partial charge in [0.05, 0.1) is 0 Å². The van der Waals surface area contributed by atoms with Gasteiger partial charge in [-0.2, -0.15) is 0 Å². The van der Waals surface area contributed by atoms with Crippen molar-refractivity contribution in [2.75, 3.05) is 0 Å². The van der Waals surface area contributed by atoms with E-state index in [-0.39, 0.29) is 10.8 Å². The molecule has 0 fully saturated rings. The molecule has 0 nitrogen and oxygen atoms in total. The van der Waals surface area contributed by atoms with Crippen LogP contribution in [0.2, 0.25) is 0 Å². The molecule has 0 N–H and O–H groups in total. The first kappa shape index (κ1) is 23.6. The van der Waals surface area contributed by atoms with Crippen molar-refractivity contribution in [2.24, 2.45) is 11.3 Å². The van der Waals surface area contributed by atoms with Crippen molar-refractivity contribution in [3.63, 3.8) is 0 Å². The van der Waals surface area contributed by atoms with Crippen LogP contribution in [0.3, 0.4) is 0 Å². The Morgan fingerprint density at radius 2 is 1.32 bits per heavy atom. The zero-order valence-electron chi connectivity index (χ0n) is 20.6. The summed E-state index contributed by atoms with van der Waals surface area (Å²) in [5.74, 6) is 0.606. The van der Waals surface area contributed by atoms with Crippen LogP contribution in [-0.4, -0.2) is 0 Å². The molecule has 1 atom stereocenters.